The molecule has 1 N–H and O–H groups in total. The summed E-state index contributed by atoms with van der Waals surface area (Å²) in [6, 6.07) is 7.90. The number of carbonyl (C=O) groups excluding carboxylic acids is 1. The molecule has 1 heterocycles. The van der Waals surface area contributed by atoms with E-state index in [1.165, 1.54) is 5.56 Å². The highest BCUT2D eigenvalue weighted by molar-refractivity contribution is 5.81. The molecular weight excluding hydrogens is 316 g/mol. The molecule has 2 atom stereocenters. The van der Waals surface area contributed by atoms with Crippen LogP contribution in [0.25, 0.3) is 0 Å². The Labute approximate surface area is 151 Å². The minimum Gasteiger partial charge on any atom is -0.491 e. The summed E-state index contributed by atoms with van der Waals surface area (Å²) in [7, 11) is 3.55. The van der Waals surface area contributed by atoms with Crippen LogP contribution < -0.4 is 4.74 Å². The first-order chi connectivity index (χ1) is 11.7. The topological polar surface area (TPSA) is 53.0 Å². The number of ether oxygens (including phenoxy) is 1. The number of β-amino-alcohol motifs (C(OH)–C–C–N with tert-alkyl or cyclic N) is 1. The number of likely N-dealkylation sites (tertiary alicyclic amines) is 1. The molecule has 1 aliphatic rings. The molecular formula is C20H32N2O3. The van der Waals surface area contributed by atoms with Crippen molar-refractivity contribution in [3.63, 3.8) is 0 Å². The lowest BCUT2D eigenvalue weighted by Gasteiger charge is -2.27. The van der Waals surface area contributed by atoms with Crippen LogP contribution in [0.4, 0.5) is 0 Å². The van der Waals surface area contributed by atoms with Crippen LogP contribution in [0.1, 0.15) is 39.2 Å². The number of carbonyl (C=O) groups is 1. The summed E-state index contributed by atoms with van der Waals surface area (Å²) in [6.07, 6.45) is 1.24. The molecule has 1 saturated heterocycles. The molecule has 0 bridgehead atoms. The van der Waals surface area contributed by atoms with Crippen molar-refractivity contribution in [3.8, 4) is 5.75 Å². The van der Waals surface area contributed by atoms with Gasteiger partial charge in [0, 0.05) is 20.6 Å². The number of rotatable bonds is 6. The number of aliphatic hydroxyl groups is 1. The van der Waals surface area contributed by atoms with Crippen molar-refractivity contribution >= 4 is 5.91 Å². The standard InChI is InChI=1S/C20H32N2O3/c1-20(2,3)15-8-10-17(11-9-15)25-14-16(23)13-22-12-6-7-18(22)19(24)21(4)5/h8-11,16,18,23H,6-7,12-14H2,1-5H3. The first-order valence-electron chi connectivity index (χ1n) is 9.05. The first-order valence-corrected chi connectivity index (χ1v) is 9.05. The number of hydrogen-bond donors (Lipinski definition) is 1. The Morgan fingerprint density at radius 3 is 2.52 bits per heavy atom. The van der Waals surface area contributed by atoms with Gasteiger partial charge in [-0.25, -0.2) is 0 Å². The average molecular weight is 348 g/mol. The number of amides is 1. The fraction of sp³-hybridized carbons (Fsp3) is 0.650. The maximum Gasteiger partial charge on any atom is 0.239 e. The van der Waals surface area contributed by atoms with E-state index in [2.05, 4.69) is 37.8 Å². The van der Waals surface area contributed by atoms with Crippen LogP contribution in [0.2, 0.25) is 0 Å². The van der Waals surface area contributed by atoms with E-state index in [4.69, 9.17) is 4.74 Å². The van der Waals surface area contributed by atoms with Crippen molar-refractivity contribution in [1.82, 2.24) is 9.80 Å². The molecule has 0 spiro atoms. The van der Waals surface area contributed by atoms with E-state index in [9.17, 15) is 9.90 Å². The third kappa shape index (κ3) is 5.44. The quantitative estimate of drug-likeness (QED) is 0.857. The van der Waals surface area contributed by atoms with E-state index in [-0.39, 0.29) is 24.0 Å². The van der Waals surface area contributed by atoms with Crippen LogP contribution in [-0.2, 0) is 10.2 Å². The van der Waals surface area contributed by atoms with E-state index >= 15 is 0 Å². The second-order valence-corrected chi connectivity index (χ2v) is 8.12. The Hall–Kier alpha value is -1.59. The molecule has 1 fully saturated rings. The number of likely N-dealkylation sites (N-methyl/N-ethyl adjacent to an activating group) is 1. The number of hydrogen-bond acceptors (Lipinski definition) is 4. The molecule has 0 radical (unpaired) electrons. The Morgan fingerprint density at radius 1 is 1.32 bits per heavy atom. The molecule has 140 valence electrons. The molecule has 0 saturated carbocycles. The molecule has 0 aromatic heterocycles. The first kappa shape index (κ1) is 19.7. The van der Waals surface area contributed by atoms with Crippen LogP contribution >= 0.6 is 0 Å². The maximum atomic E-state index is 12.2. The van der Waals surface area contributed by atoms with E-state index in [0.717, 1.165) is 25.1 Å². The van der Waals surface area contributed by atoms with Gasteiger partial charge in [0.15, 0.2) is 0 Å². The van der Waals surface area contributed by atoms with Gasteiger partial charge in [0.25, 0.3) is 0 Å². The van der Waals surface area contributed by atoms with Crippen LogP contribution in [-0.4, -0.2) is 66.8 Å². The molecule has 1 amide bonds. The second-order valence-electron chi connectivity index (χ2n) is 8.12. The van der Waals surface area contributed by atoms with Gasteiger partial charge in [-0.15, -0.1) is 0 Å². The Morgan fingerprint density at radius 2 is 1.96 bits per heavy atom. The van der Waals surface area contributed by atoms with Crippen molar-refractivity contribution in [1.29, 1.82) is 0 Å². The lowest BCUT2D eigenvalue weighted by molar-refractivity contribution is -0.133. The van der Waals surface area contributed by atoms with E-state index in [0.29, 0.717) is 6.54 Å². The molecule has 5 heteroatoms. The van der Waals surface area contributed by atoms with Gasteiger partial charge in [0.1, 0.15) is 18.5 Å². The monoisotopic (exact) mass is 348 g/mol. The molecule has 5 nitrogen and oxygen atoms in total. The number of nitrogens with zero attached hydrogens (tertiary/aromatic N) is 2. The van der Waals surface area contributed by atoms with Crippen LogP contribution in [0.5, 0.6) is 5.75 Å². The van der Waals surface area contributed by atoms with Gasteiger partial charge in [0.05, 0.1) is 6.04 Å². The third-order valence-electron chi connectivity index (χ3n) is 4.70. The van der Waals surface area contributed by atoms with Crippen LogP contribution in [0.15, 0.2) is 24.3 Å². The predicted octanol–water partition coefficient (Wildman–Crippen LogP) is 2.28. The normalized spacial score (nSPS) is 19.7. The zero-order chi connectivity index (χ0) is 18.6. The fourth-order valence-corrected chi connectivity index (χ4v) is 3.19. The van der Waals surface area contributed by atoms with E-state index in [1.54, 1.807) is 19.0 Å². The van der Waals surface area contributed by atoms with E-state index < -0.39 is 6.10 Å². The summed E-state index contributed by atoms with van der Waals surface area (Å²) in [5, 5.41) is 10.3. The molecule has 2 unspecified atom stereocenters. The lowest BCUT2D eigenvalue weighted by atomic mass is 9.87. The molecule has 0 aliphatic carbocycles. The molecule has 1 aromatic rings. The smallest absolute Gasteiger partial charge is 0.239 e. The van der Waals surface area contributed by atoms with E-state index in [1.807, 2.05) is 12.1 Å². The number of benzene rings is 1. The Kier molecular flexibility index (Phi) is 6.47. The lowest BCUT2D eigenvalue weighted by Crippen LogP contribution is -2.46. The van der Waals surface area contributed by atoms with Gasteiger partial charge >= 0.3 is 0 Å². The van der Waals surface area contributed by atoms with Gasteiger partial charge in [-0.2, -0.15) is 0 Å². The highest BCUT2D eigenvalue weighted by Crippen LogP contribution is 2.24. The molecule has 2 rings (SSSR count). The molecule has 25 heavy (non-hydrogen) atoms. The Bertz CT molecular complexity index is 563. The maximum absolute atomic E-state index is 12.2. The fourth-order valence-electron chi connectivity index (χ4n) is 3.19. The van der Waals surface area contributed by atoms with Crippen molar-refractivity contribution in [3.05, 3.63) is 29.8 Å². The summed E-state index contributed by atoms with van der Waals surface area (Å²) >= 11 is 0. The van der Waals surface area contributed by atoms with Gasteiger partial charge in [-0.1, -0.05) is 32.9 Å². The van der Waals surface area contributed by atoms with Crippen molar-refractivity contribution in [2.45, 2.75) is 51.2 Å². The third-order valence-corrected chi connectivity index (χ3v) is 4.70. The minimum atomic E-state index is -0.613. The van der Waals surface area contributed by atoms with Gasteiger partial charge in [-0.05, 0) is 42.5 Å². The summed E-state index contributed by atoms with van der Waals surface area (Å²) in [4.78, 5) is 15.9. The summed E-state index contributed by atoms with van der Waals surface area (Å²) in [5.74, 6) is 0.873. The van der Waals surface area contributed by atoms with Gasteiger partial charge < -0.3 is 14.7 Å². The summed E-state index contributed by atoms with van der Waals surface area (Å²) in [5.41, 5.74) is 1.37. The SMILES string of the molecule is CN(C)C(=O)C1CCCN1CC(O)COc1ccc(C(C)(C)C)cc1. The van der Waals surface area contributed by atoms with Gasteiger partial charge in [0.2, 0.25) is 5.91 Å². The summed E-state index contributed by atoms with van der Waals surface area (Å²) in [6.45, 7) is 8.07. The zero-order valence-electron chi connectivity index (χ0n) is 16.2. The van der Waals surface area contributed by atoms with Gasteiger partial charge in [-0.3, -0.25) is 9.69 Å². The Balaban J connectivity index is 1.84. The number of aliphatic hydroxyl groups excluding tert-OH is 1. The van der Waals surface area contributed by atoms with Crippen molar-refractivity contribution < 1.29 is 14.6 Å². The van der Waals surface area contributed by atoms with Crippen LogP contribution in [0.3, 0.4) is 0 Å². The highest BCUT2D eigenvalue weighted by atomic mass is 16.5. The van der Waals surface area contributed by atoms with Crippen molar-refractivity contribution in [2.75, 3.05) is 33.8 Å². The average Bonchev–Trinajstić information content (AvgIpc) is 2.99. The molecule has 1 aromatic carbocycles. The largest absolute Gasteiger partial charge is 0.491 e. The molecule has 1 aliphatic heterocycles. The predicted molar refractivity (Wildman–Crippen MR) is 99.9 cm³/mol. The highest BCUT2D eigenvalue weighted by Gasteiger charge is 2.32. The van der Waals surface area contributed by atoms with Crippen molar-refractivity contribution in [2.24, 2.45) is 0 Å². The van der Waals surface area contributed by atoms with Crippen LogP contribution in [0, 0.1) is 0 Å². The summed E-state index contributed by atoms with van der Waals surface area (Å²) < 4.78 is 5.72. The zero-order valence-corrected chi connectivity index (χ0v) is 16.2. The minimum absolute atomic E-state index is 0.113. The second kappa shape index (κ2) is 8.19.